The molecule has 0 bridgehead atoms. The molecule has 0 saturated heterocycles. The Labute approximate surface area is 123 Å². The van der Waals surface area contributed by atoms with Gasteiger partial charge in [-0.15, -0.1) is 0 Å². The van der Waals surface area contributed by atoms with Crippen LogP contribution in [0.1, 0.15) is 6.92 Å². The van der Waals surface area contributed by atoms with Crippen molar-refractivity contribution < 1.29 is 12.8 Å². The smallest absolute Gasteiger partial charge is 0.242 e. The average molecular weight is 305 g/mol. The van der Waals surface area contributed by atoms with Crippen LogP contribution in [-0.4, -0.2) is 18.1 Å². The lowest BCUT2D eigenvalue weighted by Gasteiger charge is -2.05. The van der Waals surface area contributed by atoms with E-state index in [4.69, 9.17) is 0 Å². The highest BCUT2D eigenvalue weighted by Gasteiger charge is 2.14. The molecule has 1 aromatic carbocycles. The first-order chi connectivity index (χ1) is 9.94. The SMILES string of the molecule is C=C/C=C(C)\C=C/CS(=O)(=O)n1ccc2cc(F)ccc21. The second kappa shape index (κ2) is 6.10. The van der Waals surface area contributed by atoms with Gasteiger partial charge in [-0.2, -0.15) is 0 Å². The molecule has 5 heteroatoms. The van der Waals surface area contributed by atoms with E-state index in [9.17, 15) is 12.8 Å². The largest absolute Gasteiger partial charge is 0.245 e. The van der Waals surface area contributed by atoms with Gasteiger partial charge in [0.1, 0.15) is 5.82 Å². The van der Waals surface area contributed by atoms with Crippen LogP contribution >= 0.6 is 0 Å². The number of aromatic nitrogens is 1. The van der Waals surface area contributed by atoms with Gasteiger partial charge in [-0.25, -0.2) is 16.8 Å². The van der Waals surface area contributed by atoms with Gasteiger partial charge < -0.3 is 0 Å². The molecule has 0 N–H and O–H groups in total. The van der Waals surface area contributed by atoms with E-state index >= 15 is 0 Å². The molecule has 0 fully saturated rings. The van der Waals surface area contributed by atoms with Crippen molar-refractivity contribution in [3.63, 3.8) is 0 Å². The van der Waals surface area contributed by atoms with Crippen LogP contribution in [0.25, 0.3) is 10.9 Å². The third-order valence-corrected chi connectivity index (χ3v) is 4.52. The summed E-state index contributed by atoms with van der Waals surface area (Å²) < 4.78 is 38.9. The van der Waals surface area contributed by atoms with Gasteiger partial charge >= 0.3 is 0 Å². The second-order valence-electron chi connectivity index (χ2n) is 4.64. The van der Waals surface area contributed by atoms with Gasteiger partial charge in [-0.05, 0) is 31.2 Å². The molecule has 0 amide bonds. The third kappa shape index (κ3) is 3.49. The van der Waals surface area contributed by atoms with Gasteiger partial charge in [0, 0.05) is 11.6 Å². The Hall–Kier alpha value is -2.14. The molecule has 1 heterocycles. The van der Waals surface area contributed by atoms with Gasteiger partial charge in [0.15, 0.2) is 0 Å². The summed E-state index contributed by atoms with van der Waals surface area (Å²) in [6.07, 6.45) is 8.18. The number of allylic oxidation sites excluding steroid dienone is 4. The predicted octanol–water partition coefficient (Wildman–Crippen LogP) is 3.65. The Bertz CT molecular complexity index is 829. The third-order valence-electron chi connectivity index (χ3n) is 2.98. The summed E-state index contributed by atoms with van der Waals surface area (Å²) in [5.74, 6) is -0.515. The Morgan fingerprint density at radius 2 is 2.14 bits per heavy atom. The van der Waals surface area contributed by atoms with Crippen LogP contribution in [-0.2, 0) is 10.0 Å². The molecule has 0 aliphatic rings. The molecular weight excluding hydrogens is 289 g/mol. The summed E-state index contributed by atoms with van der Waals surface area (Å²) in [6, 6.07) is 5.62. The van der Waals surface area contributed by atoms with E-state index in [0.717, 1.165) is 5.57 Å². The molecule has 0 saturated carbocycles. The van der Waals surface area contributed by atoms with Gasteiger partial charge in [-0.3, -0.25) is 0 Å². The predicted molar refractivity (Wildman–Crippen MR) is 84.2 cm³/mol. The maximum atomic E-state index is 13.1. The van der Waals surface area contributed by atoms with Crippen molar-refractivity contribution in [2.45, 2.75) is 6.92 Å². The molecule has 0 radical (unpaired) electrons. The van der Waals surface area contributed by atoms with Crippen LogP contribution in [0.2, 0.25) is 0 Å². The zero-order valence-corrected chi connectivity index (χ0v) is 12.5. The summed E-state index contributed by atoms with van der Waals surface area (Å²) in [4.78, 5) is 0. The first-order valence-corrected chi connectivity index (χ1v) is 8.01. The van der Waals surface area contributed by atoms with Crippen molar-refractivity contribution >= 4 is 20.9 Å². The number of rotatable bonds is 5. The molecule has 3 nitrogen and oxygen atoms in total. The lowest BCUT2D eigenvalue weighted by Crippen LogP contribution is -2.14. The summed E-state index contributed by atoms with van der Waals surface area (Å²) in [7, 11) is -3.51. The Balaban J connectivity index is 2.30. The fraction of sp³-hybridized carbons (Fsp3) is 0.125. The molecule has 110 valence electrons. The van der Waals surface area contributed by atoms with Crippen LogP contribution in [0.3, 0.4) is 0 Å². The van der Waals surface area contributed by atoms with Crippen molar-refractivity contribution in [3.05, 3.63) is 72.7 Å². The summed E-state index contributed by atoms with van der Waals surface area (Å²) in [6.45, 7) is 5.44. The van der Waals surface area contributed by atoms with Gasteiger partial charge in [0.05, 0.1) is 11.3 Å². The first-order valence-electron chi connectivity index (χ1n) is 6.40. The van der Waals surface area contributed by atoms with E-state index in [1.54, 1.807) is 30.4 Å². The number of nitrogens with zero attached hydrogens (tertiary/aromatic N) is 1. The zero-order valence-electron chi connectivity index (χ0n) is 11.7. The first kappa shape index (κ1) is 15.3. The topological polar surface area (TPSA) is 39.1 Å². The van der Waals surface area contributed by atoms with Gasteiger partial charge in [0.2, 0.25) is 10.0 Å². The van der Waals surface area contributed by atoms with Gasteiger partial charge in [0.25, 0.3) is 0 Å². The van der Waals surface area contributed by atoms with E-state index in [2.05, 4.69) is 6.58 Å². The Kier molecular flexibility index (Phi) is 4.43. The normalized spacial score (nSPS) is 13.1. The molecule has 0 atom stereocenters. The van der Waals surface area contributed by atoms with Crippen LogP contribution in [0.4, 0.5) is 4.39 Å². The number of halogens is 1. The minimum absolute atomic E-state index is 0.128. The summed E-state index contributed by atoms with van der Waals surface area (Å²) in [5, 5.41) is 0.560. The van der Waals surface area contributed by atoms with Crippen molar-refractivity contribution in [3.8, 4) is 0 Å². The molecule has 21 heavy (non-hydrogen) atoms. The van der Waals surface area contributed by atoms with E-state index in [1.807, 2.05) is 6.92 Å². The van der Waals surface area contributed by atoms with Crippen LogP contribution in [0.15, 0.2) is 66.9 Å². The molecule has 0 aliphatic heterocycles. The quantitative estimate of drug-likeness (QED) is 0.791. The highest BCUT2D eigenvalue weighted by Crippen LogP contribution is 2.19. The number of fused-ring (bicyclic) bond motifs is 1. The molecule has 0 aliphatic carbocycles. The van der Waals surface area contributed by atoms with Crippen LogP contribution in [0, 0.1) is 5.82 Å². The van der Waals surface area contributed by atoms with Crippen molar-refractivity contribution in [1.29, 1.82) is 0 Å². The second-order valence-corrected chi connectivity index (χ2v) is 6.53. The van der Waals surface area contributed by atoms with Crippen LogP contribution in [0.5, 0.6) is 0 Å². The van der Waals surface area contributed by atoms with E-state index in [1.165, 1.54) is 28.4 Å². The molecule has 0 unspecified atom stereocenters. The number of hydrogen-bond donors (Lipinski definition) is 0. The standard InChI is InChI=1S/C16H16FNO2S/c1-3-5-13(2)6-4-11-21(19,20)18-10-9-14-12-15(17)7-8-16(14)18/h3-10,12H,1,11H2,2H3/b6-4-,13-5-. The van der Waals surface area contributed by atoms with Crippen molar-refractivity contribution in [2.75, 3.05) is 5.75 Å². The van der Waals surface area contributed by atoms with Gasteiger partial charge in [-0.1, -0.05) is 36.5 Å². The summed E-state index contributed by atoms with van der Waals surface area (Å²) >= 11 is 0. The Morgan fingerprint density at radius 3 is 2.86 bits per heavy atom. The zero-order chi connectivity index (χ0) is 15.5. The minimum Gasteiger partial charge on any atom is -0.245 e. The molecule has 2 rings (SSSR count). The molecule has 0 spiro atoms. The fourth-order valence-corrected chi connectivity index (χ4v) is 3.22. The lowest BCUT2D eigenvalue weighted by atomic mass is 10.2. The number of benzene rings is 1. The fourth-order valence-electron chi connectivity index (χ4n) is 2.01. The molecular formula is C16H16FNO2S. The van der Waals surface area contributed by atoms with Crippen LogP contribution < -0.4 is 0 Å². The minimum atomic E-state index is -3.51. The monoisotopic (exact) mass is 305 g/mol. The number of hydrogen-bond acceptors (Lipinski definition) is 2. The summed E-state index contributed by atoms with van der Waals surface area (Å²) in [5.41, 5.74) is 1.39. The molecule has 2 aromatic rings. The average Bonchev–Trinajstić information content (AvgIpc) is 2.82. The van der Waals surface area contributed by atoms with E-state index < -0.39 is 10.0 Å². The maximum Gasteiger partial charge on any atom is 0.242 e. The lowest BCUT2D eigenvalue weighted by molar-refractivity contribution is 0.592. The van der Waals surface area contributed by atoms with Crippen molar-refractivity contribution in [2.24, 2.45) is 0 Å². The highest BCUT2D eigenvalue weighted by molar-refractivity contribution is 7.90. The van der Waals surface area contributed by atoms with E-state index in [0.29, 0.717) is 10.9 Å². The maximum absolute atomic E-state index is 13.1. The molecule has 1 aromatic heterocycles. The van der Waals surface area contributed by atoms with Crippen molar-refractivity contribution in [1.82, 2.24) is 3.97 Å². The highest BCUT2D eigenvalue weighted by atomic mass is 32.2. The Morgan fingerprint density at radius 1 is 1.38 bits per heavy atom. The van der Waals surface area contributed by atoms with E-state index in [-0.39, 0.29) is 11.6 Å².